The average Bonchev–Trinajstić information content (AvgIpc) is 2.41. The van der Waals surface area contributed by atoms with Crippen LogP contribution in [0.4, 0.5) is 13.2 Å². The highest BCUT2D eigenvalue weighted by Gasteiger charge is 2.54. The molecule has 2 unspecified atom stereocenters. The molecule has 1 saturated heterocycles. The Hall–Kier alpha value is -1.26. The molecule has 122 valence electrons. The normalized spacial score (nSPS) is 36.0. The van der Waals surface area contributed by atoms with E-state index in [2.05, 4.69) is 0 Å². The molecule has 3 aliphatic rings. The Labute approximate surface area is 129 Å². The van der Waals surface area contributed by atoms with Crippen molar-refractivity contribution in [2.24, 2.45) is 11.3 Å². The Morgan fingerprint density at radius 2 is 2.00 bits per heavy atom. The average molecular weight is 313 g/mol. The van der Waals surface area contributed by atoms with Gasteiger partial charge in [-0.1, -0.05) is 24.1 Å². The molecule has 1 heterocycles. The fourth-order valence-corrected chi connectivity index (χ4v) is 4.82. The first kappa shape index (κ1) is 15.6. The lowest BCUT2D eigenvalue weighted by Crippen LogP contribution is -2.56. The second kappa shape index (κ2) is 4.87. The number of carbonyl (C=O) groups is 1. The molecule has 2 aliphatic carbocycles. The quantitative estimate of drug-likeness (QED) is 0.613. The van der Waals surface area contributed by atoms with Gasteiger partial charge in [0.05, 0.1) is 0 Å². The highest BCUT2D eigenvalue weighted by atomic mass is 19.4. The summed E-state index contributed by atoms with van der Waals surface area (Å²) in [5.74, 6) is -0.406. The van der Waals surface area contributed by atoms with E-state index in [0.717, 1.165) is 5.57 Å². The van der Waals surface area contributed by atoms with E-state index in [0.29, 0.717) is 37.7 Å². The summed E-state index contributed by atoms with van der Waals surface area (Å²) >= 11 is 0. The van der Waals surface area contributed by atoms with E-state index >= 15 is 0 Å². The van der Waals surface area contributed by atoms with Crippen LogP contribution in [0.15, 0.2) is 22.8 Å². The number of hydrogen-bond acceptors (Lipinski definition) is 1. The summed E-state index contributed by atoms with van der Waals surface area (Å²) < 4.78 is 40.5. The second-order valence-electron chi connectivity index (χ2n) is 7.12. The van der Waals surface area contributed by atoms with E-state index in [9.17, 15) is 18.0 Å². The summed E-state index contributed by atoms with van der Waals surface area (Å²) in [6.07, 6.45) is 0.341. The third kappa shape index (κ3) is 2.12. The Bertz CT molecular complexity index is 575. The standard InChI is InChI=1S/C17H22F3NO/c1-10-4-6-12-11(15(10)17(18,19)20)5-7-13-16(12,2)9-8-14(22)21(13)3/h6,11,13H,4-5,7-9H2,1-3H3/t11?,13?,16-/m1/s1. The van der Waals surface area contributed by atoms with Crippen LogP contribution < -0.4 is 0 Å². The minimum Gasteiger partial charge on any atom is -0.342 e. The fraction of sp³-hybridized carbons (Fsp3) is 0.706. The zero-order valence-corrected chi connectivity index (χ0v) is 13.3. The number of halogens is 3. The number of amides is 1. The van der Waals surface area contributed by atoms with E-state index in [-0.39, 0.29) is 22.9 Å². The van der Waals surface area contributed by atoms with E-state index in [1.54, 1.807) is 18.9 Å². The van der Waals surface area contributed by atoms with Crippen LogP contribution in [0.5, 0.6) is 0 Å². The highest BCUT2D eigenvalue weighted by molar-refractivity contribution is 5.77. The molecule has 0 spiro atoms. The van der Waals surface area contributed by atoms with Crippen molar-refractivity contribution in [3.8, 4) is 0 Å². The number of carbonyl (C=O) groups excluding carboxylic acids is 1. The van der Waals surface area contributed by atoms with Crippen molar-refractivity contribution in [2.75, 3.05) is 7.05 Å². The van der Waals surface area contributed by atoms with Crippen molar-refractivity contribution < 1.29 is 18.0 Å². The Balaban J connectivity index is 2.01. The predicted octanol–water partition coefficient (Wildman–Crippen LogP) is 4.23. The number of nitrogens with zero attached hydrogens (tertiary/aromatic N) is 1. The zero-order valence-electron chi connectivity index (χ0n) is 13.3. The van der Waals surface area contributed by atoms with Crippen LogP contribution in [0.1, 0.15) is 46.0 Å². The molecule has 2 nitrogen and oxygen atoms in total. The molecule has 0 aromatic rings. The van der Waals surface area contributed by atoms with Gasteiger partial charge in [-0.25, -0.2) is 0 Å². The maximum Gasteiger partial charge on any atom is 0.413 e. The van der Waals surface area contributed by atoms with Gasteiger partial charge in [-0.15, -0.1) is 0 Å². The van der Waals surface area contributed by atoms with Gasteiger partial charge in [0.25, 0.3) is 0 Å². The summed E-state index contributed by atoms with van der Waals surface area (Å²) in [6, 6.07) is 0.0316. The molecule has 1 saturated carbocycles. The summed E-state index contributed by atoms with van der Waals surface area (Å²) in [6.45, 7) is 3.65. The number of allylic oxidation sites excluding steroid dienone is 3. The largest absolute Gasteiger partial charge is 0.413 e. The van der Waals surface area contributed by atoms with Gasteiger partial charge in [0, 0.05) is 36.4 Å². The van der Waals surface area contributed by atoms with Crippen molar-refractivity contribution in [3.05, 3.63) is 22.8 Å². The van der Waals surface area contributed by atoms with Gasteiger partial charge in [-0.05, 0) is 32.6 Å². The summed E-state index contributed by atoms with van der Waals surface area (Å²) in [5.41, 5.74) is 0.719. The van der Waals surface area contributed by atoms with Gasteiger partial charge in [-0.3, -0.25) is 4.79 Å². The SMILES string of the molecule is CC1=C(C(F)(F)F)C2CCC3N(C)C(=O)CC[C@]3(C)C2=CC1. The van der Waals surface area contributed by atoms with Crippen LogP contribution >= 0.6 is 0 Å². The van der Waals surface area contributed by atoms with Gasteiger partial charge < -0.3 is 4.90 Å². The van der Waals surface area contributed by atoms with E-state index in [4.69, 9.17) is 0 Å². The molecule has 5 heteroatoms. The summed E-state index contributed by atoms with van der Waals surface area (Å²) in [5, 5.41) is 0. The molecule has 0 bridgehead atoms. The van der Waals surface area contributed by atoms with Crippen LogP contribution in [-0.4, -0.2) is 30.1 Å². The Morgan fingerprint density at radius 1 is 1.32 bits per heavy atom. The van der Waals surface area contributed by atoms with Crippen molar-refractivity contribution in [2.45, 2.75) is 58.2 Å². The molecule has 1 aliphatic heterocycles. The highest BCUT2D eigenvalue weighted by Crippen LogP contribution is 2.57. The van der Waals surface area contributed by atoms with Gasteiger partial charge >= 0.3 is 6.18 Å². The summed E-state index contributed by atoms with van der Waals surface area (Å²) in [7, 11) is 1.79. The van der Waals surface area contributed by atoms with Crippen LogP contribution in [0.2, 0.25) is 0 Å². The van der Waals surface area contributed by atoms with Crippen molar-refractivity contribution in [1.29, 1.82) is 0 Å². The summed E-state index contributed by atoms with van der Waals surface area (Å²) in [4.78, 5) is 13.7. The molecule has 0 radical (unpaired) electrons. The van der Waals surface area contributed by atoms with Gasteiger partial charge in [0.15, 0.2) is 0 Å². The predicted molar refractivity (Wildman–Crippen MR) is 78.1 cm³/mol. The van der Waals surface area contributed by atoms with Crippen molar-refractivity contribution >= 4 is 5.91 Å². The van der Waals surface area contributed by atoms with E-state index < -0.39 is 12.1 Å². The molecule has 0 aromatic carbocycles. The third-order valence-electron chi connectivity index (χ3n) is 5.96. The second-order valence-corrected chi connectivity index (χ2v) is 7.12. The first-order valence-electron chi connectivity index (χ1n) is 7.89. The number of alkyl halides is 3. The zero-order chi connectivity index (χ0) is 16.3. The van der Waals surface area contributed by atoms with Crippen LogP contribution in [0, 0.1) is 11.3 Å². The molecule has 3 rings (SSSR count). The van der Waals surface area contributed by atoms with Crippen LogP contribution in [-0.2, 0) is 4.79 Å². The lowest BCUT2D eigenvalue weighted by molar-refractivity contribution is -0.141. The topological polar surface area (TPSA) is 20.3 Å². The monoisotopic (exact) mass is 313 g/mol. The van der Waals surface area contributed by atoms with Gasteiger partial charge in [0.2, 0.25) is 5.91 Å². The molecule has 1 amide bonds. The molecular weight excluding hydrogens is 291 g/mol. The number of rotatable bonds is 0. The molecule has 2 fully saturated rings. The van der Waals surface area contributed by atoms with Gasteiger partial charge in [0.1, 0.15) is 0 Å². The number of piperidine rings is 1. The maximum absolute atomic E-state index is 13.5. The molecule has 0 aromatic heterocycles. The first-order valence-corrected chi connectivity index (χ1v) is 7.89. The van der Waals surface area contributed by atoms with Crippen LogP contribution in [0.3, 0.4) is 0 Å². The number of likely N-dealkylation sites (tertiary alicyclic amines) is 1. The fourth-order valence-electron chi connectivity index (χ4n) is 4.82. The van der Waals surface area contributed by atoms with Crippen LogP contribution in [0.25, 0.3) is 0 Å². The first-order chi connectivity index (χ1) is 10.2. The lowest BCUT2D eigenvalue weighted by Gasteiger charge is -2.54. The number of fused-ring (bicyclic) bond motifs is 3. The molecule has 0 N–H and O–H groups in total. The third-order valence-corrected chi connectivity index (χ3v) is 5.96. The Kier molecular flexibility index (Phi) is 3.46. The van der Waals surface area contributed by atoms with Crippen molar-refractivity contribution in [3.63, 3.8) is 0 Å². The molecule has 3 atom stereocenters. The van der Waals surface area contributed by atoms with Crippen molar-refractivity contribution in [1.82, 2.24) is 4.90 Å². The molecule has 22 heavy (non-hydrogen) atoms. The smallest absolute Gasteiger partial charge is 0.342 e. The minimum absolute atomic E-state index is 0.0316. The number of hydrogen-bond donors (Lipinski definition) is 0. The van der Waals surface area contributed by atoms with E-state index in [1.165, 1.54) is 0 Å². The van der Waals surface area contributed by atoms with E-state index in [1.807, 2.05) is 13.0 Å². The Morgan fingerprint density at radius 3 is 2.64 bits per heavy atom. The minimum atomic E-state index is -4.26. The van der Waals surface area contributed by atoms with Gasteiger partial charge in [-0.2, -0.15) is 13.2 Å². The lowest BCUT2D eigenvalue weighted by atomic mass is 9.57. The molecular formula is C17H22F3NO. The maximum atomic E-state index is 13.5.